The van der Waals surface area contributed by atoms with Gasteiger partial charge in [0.15, 0.2) is 17.5 Å². The summed E-state index contributed by atoms with van der Waals surface area (Å²) in [5, 5.41) is 1.85. The predicted octanol–water partition coefficient (Wildman–Crippen LogP) is 13.6. The van der Waals surface area contributed by atoms with Crippen LogP contribution in [-0.4, -0.2) is 19.5 Å². The highest BCUT2D eigenvalue weighted by atomic mass is 19.4. The Morgan fingerprint density at radius 2 is 0.948 bits per heavy atom. The molecule has 0 aliphatic heterocycles. The summed E-state index contributed by atoms with van der Waals surface area (Å²) in [6, 6.07) is 46.9. The lowest BCUT2D eigenvalue weighted by atomic mass is 9.94. The van der Waals surface area contributed by atoms with Crippen LogP contribution in [0.4, 0.5) is 26.3 Å². The molecule has 0 radical (unpaired) electrons. The van der Waals surface area contributed by atoms with Crippen LogP contribution >= 0.6 is 0 Å². The molecular weight excluding hydrogens is 747 g/mol. The van der Waals surface area contributed by atoms with E-state index in [-0.39, 0.29) is 40.2 Å². The Balaban J connectivity index is 1.33. The number of alkyl halides is 6. The molecule has 7 aromatic carbocycles. The fourth-order valence-electron chi connectivity index (χ4n) is 7.40. The van der Waals surface area contributed by atoms with Crippen molar-refractivity contribution in [1.82, 2.24) is 19.5 Å². The van der Waals surface area contributed by atoms with E-state index in [1.54, 1.807) is 18.2 Å². The Bertz CT molecular complexity index is 2900. The van der Waals surface area contributed by atoms with Gasteiger partial charge in [-0.05, 0) is 83.8 Å². The average Bonchev–Trinajstić information content (AvgIpc) is 3.57. The second-order valence-electron chi connectivity index (χ2n) is 14.0. The van der Waals surface area contributed by atoms with Gasteiger partial charge < -0.3 is 4.57 Å². The van der Waals surface area contributed by atoms with Crippen molar-refractivity contribution in [1.29, 1.82) is 0 Å². The SMILES string of the molecule is Cc1cccc(-c2ccc3c(c2)c2ccccc2n3-c2ccc(-c3nc(-c4ccccc4)nc(-c4ccccc4)n3)c(-c3cc(C(F)(F)F)cc(C(F)(F)F)c3)c2)c1. The van der Waals surface area contributed by atoms with Crippen LogP contribution in [0, 0.1) is 6.92 Å². The summed E-state index contributed by atoms with van der Waals surface area (Å²) in [4.78, 5) is 14.3. The predicted molar refractivity (Wildman–Crippen MR) is 216 cm³/mol. The van der Waals surface area contributed by atoms with Crippen LogP contribution < -0.4 is 0 Å². The maximum absolute atomic E-state index is 14.4. The minimum atomic E-state index is -5.07. The summed E-state index contributed by atoms with van der Waals surface area (Å²) in [6.45, 7) is 2.03. The van der Waals surface area contributed by atoms with Crippen molar-refractivity contribution in [3.05, 3.63) is 180 Å². The van der Waals surface area contributed by atoms with E-state index in [1.165, 1.54) is 0 Å². The monoisotopic (exact) mass is 776 g/mol. The lowest BCUT2D eigenvalue weighted by Crippen LogP contribution is -2.11. The standard InChI is InChI=1S/C48H30F6N4/c1-29-11-10-16-32(23-29)33-19-22-43-41(26-33)38-17-8-9-18-42(38)58(43)37-20-21-39(40(28-37)34-24-35(47(49,50)51)27-36(25-34)48(52,53)54)46-56-44(30-12-4-2-5-13-30)55-45(57-46)31-14-6-3-7-15-31/h2-28H,1H3. The minimum Gasteiger partial charge on any atom is -0.309 e. The highest BCUT2D eigenvalue weighted by Crippen LogP contribution is 2.43. The molecule has 0 atom stereocenters. The number of fused-ring (bicyclic) bond motifs is 3. The van der Waals surface area contributed by atoms with E-state index in [9.17, 15) is 26.3 Å². The van der Waals surface area contributed by atoms with Crippen molar-refractivity contribution >= 4 is 21.8 Å². The highest BCUT2D eigenvalue weighted by Gasteiger charge is 2.37. The van der Waals surface area contributed by atoms with Gasteiger partial charge in [-0.2, -0.15) is 26.3 Å². The largest absolute Gasteiger partial charge is 0.416 e. The number of hydrogen-bond donors (Lipinski definition) is 0. The number of para-hydroxylation sites is 1. The first-order valence-corrected chi connectivity index (χ1v) is 18.3. The molecule has 0 aliphatic carbocycles. The second kappa shape index (κ2) is 14.1. The molecule has 4 nitrogen and oxygen atoms in total. The summed E-state index contributed by atoms with van der Waals surface area (Å²) in [5.41, 5.74) is 3.69. The molecule has 284 valence electrons. The zero-order valence-electron chi connectivity index (χ0n) is 30.6. The van der Waals surface area contributed by atoms with E-state index >= 15 is 0 Å². The maximum Gasteiger partial charge on any atom is 0.416 e. The molecule has 2 heterocycles. The molecule has 58 heavy (non-hydrogen) atoms. The minimum absolute atomic E-state index is 0.0700. The van der Waals surface area contributed by atoms with E-state index in [4.69, 9.17) is 15.0 Å². The normalized spacial score (nSPS) is 12.1. The number of benzene rings is 7. The van der Waals surface area contributed by atoms with Gasteiger partial charge in [0, 0.05) is 33.2 Å². The lowest BCUT2D eigenvalue weighted by Gasteiger charge is -2.18. The Hall–Kier alpha value is -7.07. The molecule has 0 saturated carbocycles. The van der Waals surface area contributed by atoms with Gasteiger partial charge in [0.2, 0.25) is 0 Å². The first-order valence-electron chi connectivity index (χ1n) is 18.3. The molecule has 0 N–H and O–H groups in total. The van der Waals surface area contributed by atoms with Gasteiger partial charge in [-0.3, -0.25) is 0 Å². The summed E-state index contributed by atoms with van der Waals surface area (Å²) in [7, 11) is 0. The molecule has 10 heteroatoms. The van der Waals surface area contributed by atoms with Gasteiger partial charge in [0.25, 0.3) is 0 Å². The topological polar surface area (TPSA) is 43.6 Å². The van der Waals surface area contributed by atoms with Crippen molar-refractivity contribution in [2.24, 2.45) is 0 Å². The summed E-state index contributed by atoms with van der Waals surface area (Å²) in [5.74, 6) is 0.642. The number of rotatable bonds is 6. The van der Waals surface area contributed by atoms with Crippen LogP contribution in [0.15, 0.2) is 164 Å². The summed E-state index contributed by atoms with van der Waals surface area (Å²) < 4.78 is 88.3. The molecule has 0 fully saturated rings. The van der Waals surface area contributed by atoms with E-state index in [2.05, 4.69) is 12.1 Å². The molecule has 9 aromatic rings. The molecule has 0 aliphatic rings. The quantitative estimate of drug-likeness (QED) is 0.158. The van der Waals surface area contributed by atoms with Gasteiger partial charge in [0.05, 0.1) is 22.2 Å². The van der Waals surface area contributed by atoms with Crippen LogP contribution in [0.3, 0.4) is 0 Å². The molecule has 0 saturated heterocycles. The van der Waals surface area contributed by atoms with E-state index in [1.807, 2.05) is 127 Å². The zero-order chi connectivity index (χ0) is 40.2. The first kappa shape index (κ1) is 36.6. The van der Waals surface area contributed by atoms with Gasteiger partial charge >= 0.3 is 12.4 Å². The van der Waals surface area contributed by atoms with Crippen molar-refractivity contribution < 1.29 is 26.3 Å². The average molecular weight is 777 g/mol. The molecule has 9 rings (SSSR count). The summed E-state index contributed by atoms with van der Waals surface area (Å²) in [6.07, 6.45) is -10.1. The third-order valence-corrected chi connectivity index (χ3v) is 10.1. The van der Waals surface area contributed by atoms with Gasteiger partial charge in [0.1, 0.15) is 0 Å². The molecule has 0 bridgehead atoms. The third-order valence-electron chi connectivity index (χ3n) is 10.1. The van der Waals surface area contributed by atoms with E-state index in [0.29, 0.717) is 16.8 Å². The Morgan fingerprint density at radius 3 is 1.57 bits per heavy atom. The lowest BCUT2D eigenvalue weighted by molar-refractivity contribution is -0.143. The number of nitrogens with zero attached hydrogens (tertiary/aromatic N) is 4. The molecule has 0 spiro atoms. The van der Waals surface area contributed by atoms with Crippen molar-refractivity contribution in [2.75, 3.05) is 0 Å². The number of aryl methyl sites for hydroxylation is 1. The summed E-state index contributed by atoms with van der Waals surface area (Å²) >= 11 is 0. The van der Waals surface area contributed by atoms with E-state index in [0.717, 1.165) is 50.6 Å². The fraction of sp³-hybridized carbons (Fsp3) is 0.0625. The van der Waals surface area contributed by atoms with Gasteiger partial charge in [-0.25, -0.2) is 15.0 Å². The fourth-order valence-corrected chi connectivity index (χ4v) is 7.40. The van der Waals surface area contributed by atoms with Gasteiger partial charge in [-0.15, -0.1) is 0 Å². The Kier molecular flexibility index (Phi) is 8.92. The Morgan fingerprint density at radius 1 is 0.397 bits per heavy atom. The second-order valence-corrected chi connectivity index (χ2v) is 14.0. The van der Waals surface area contributed by atoms with Crippen LogP contribution in [-0.2, 0) is 12.4 Å². The van der Waals surface area contributed by atoms with Crippen LogP contribution in [0.1, 0.15) is 16.7 Å². The van der Waals surface area contributed by atoms with Crippen LogP contribution in [0.5, 0.6) is 0 Å². The molecule has 2 aromatic heterocycles. The van der Waals surface area contributed by atoms with Crippen molar-refractivity contribution in [3.8, 4) is 62.1 Å². The van der Waals surface area contributed by atoms with Crippen molar-refractivity contribution in [2.45, 2.75) is 19.3 Å². The first-order chi connectivity index (χ1) is 27.9. The molecular formula is C48H30F6N4. The van der Waals surface area contributed by atoms with Gasteiger partial charge in [-0.1, -0.05) is 115 Å². The highest BCUT2D eigenvalue weighted by molar-refractivity contribution is 6.10. The molecule has 0 amide bonds. The molecule has 0 unspecified atom stereocenters. The third kappa shape index (κ3) is 6.87. The van der Waals surface area contributed by atoms with E-state index < -0.39 is 23.5 Å². The number of aromatic nitrogens is 4. The van der Waals surface area contributed by atoms with Crippen molar-refractivity contribution in [3.63, 3.8) is 0 Å². The smallest absolute Gasteiger partial charge is 0.309 e. The van der Waals surface area contributed by atoms with Crippen LogP contribution in [0.25, 0.3) is 83.9 Å². The zero-order valence-corrected chi connectivity index (χ0v) is 30.6. The maximum atomic E-state index is 14.4. The number of hydrogen-bond acceptors (Lipinski definition) is 3. The Labute approximate surface area is 328 Å². The van der Waals surface area contributed by atoms with Crippen LogP contribution in [0.2, 0.25) is 0 Å². The number of halogens is 6.